The maximum atomic E-state index is 15.4. The van der Waals surface area contributed by atoms with Crippen LogP contribution in [0.15, 0.2) is 85.3 Å². The van der Waals surface area contributed by atoms with Gasteiger partial charge in [-0.3, -0.25) is 52.9 Å². The third kappa shape index (κ3) is 19.2. The molecular formula is C52H65F2N11O12. The van der Waals surface area contributed by atoms with Crippen LogP contribution in [-0.2, 0) is 49.7 Å². The Balaban J connectivity index is 1.64. The number of aliphatic carboxylic acids is 1. The lowest BCUT2D eigenvalue weighted by Crippen LogP contribution is -2.58. The van der Waals surface area contributed by atoms with Gasteiger partial charge in [-0.2, -0.15) is 0 Å². The van der Waals surface area contributed by atoms with E-state index in [1.165, 1.54) is 43.3 Å². The standard InChI is InChI=1S/C52H65F2N11O12/c1-30(61-49(75)33-15-18-56-19-16-33)47(73)60-31(2)48(74)63-39(25-41(55)67)51(77)62-38(50(76)58-21-20-57-43(69)26-59-42(68)13-14-45(71)72)17-22-65(44(70)29-66)46(52(3,4)5)40-23-34(36-24-35(53)11-12-37(36)54)28-64(40)27-32-9-7-6-8-10-32/h6-12,15-16,18-19,23-24,28,30-31,38-39,46,66H,13-14,17,20-22,25-27,29H2,1-5H3,(H2,55,67)(H,57,69)(H,58,76)(H,59,68)(H,60,73)(H,61,75)(H,62,77)(H,63,74)(H,71,72)/t30-,31-,38-,39-,46-/m0/s1. The Labute approximate surface area is 442 Å². The minimum Gasteiger partial charge on any atom is -0.481 e. The van der Waals surface area contributed by atoms with E-state index in [0.717, 1.165) is 23.8 Å². The van der Waals surface area contributed by atoms with Crippen molar-refractivity contribution in [1.29, 1.82) is 0 Å². The summed E-state index contributed by atoms with van der Waals surface area (Å²) in [5, 5.41) is 36.3. The summed E-state index contributed by atoms with van der Waals surface area (Å²) in [5.74, 6) is -10.3. The molecule has 414 valence electrons. The highest BCUT2D eigenvalue weighted by molar-refractivity contribution is 5.99. The first-order chi connectivity index (χ1) is 36.4. The van der Waals surface area contributed by atoms with Crippen LogP contribution in [0.4, 0.5) is 8.78 Å². The third-order valence-corrected chi connectivity index (χ3v) is 11.8. The second-order valence-corrected chi connectivity index (χ2v) is 19.0. The number of primary amides is 1. The number of hydrogen-bond acceptors (Lipinski definition) is 12. The van der Waals surface area contributed by atoms with Crippen LogP contribution >= 0.6 is 0 Å². The van der Waals surface area contributed by atoms with Gasteiger partial charge in [0.2, 0.25) is 47.3 Å². The highest BCUT2D eigenvalue weighted by atomic mass is 19.1. The number of carboxylic acids is 1. The largest absolute Gasteiger partial charge is 0.481 e. The van der Waals surface area contributed by atoms with Gasteiger partial charge >= 0.3 is 5.97 Å². The Morgan fingerprint density at radius 3 is 2.01 bits per heavy atom. The van der Waals surface area contributed by atoms with E-state index in [2.05, 4.69) is 42.2 Å². The van der Waals surface area contributed by atoms with Gasteiger partial charge in [-0.15, -0.1) is 0 Å². The fourth-order valence-electron chi connectivity index (χ4n) is 7.93. The van der Waals surface area contributed by atoms with E-state index in [1.807, 2.05) is 30.3 Å². The molecule has 5 atom stereocenters. The molecule has 23 nitrogen and oxygen atoms in total. The molecule has 0 radical (unpaired) electrons. The van der Waals surface area contributed by atoms with Crippen LogP contribution in [0.1, 0.15) is 88.0 Å². The molecule has 2 aromatic carbocycles. The average molecular weight is 1070 g/mol. The molecule has 0 spiro atoms. The Kier molecular flexibility index (Phi) is 22.9. The highest BCUT2D eigenvalue weighted by Crippen LogP contribution is 2.41. The van der Waals surface area contributed by atoms with E-state index >= 15 is 4.39 Å². The zero-order valence-corrected chi connectivity index (χ0v) is 43.2. The normalized spacial score (nSPS) is 13.0. The van der Waals surface area contributed by atoms with E-state index in [9.17, 15) is 57.4 Å². The lowest BCUT2D eigenvalue weighted by molar-refractivity contribution is -0.140. The molecule has 0 saturated heterocycles. The number of pyridine rings is 1. The van der Waals surface area contributed by atoms with Crippen LogP contribution in [0.5, 0.6) is 0 Å². The Morgan fingerprint density at radius 1 is 0.740 bits per heavy atom. The summed E-state index contributed by atoms with van der Waals surface area (Å²) in [6.45, 7) is 5.76. The smallest absolute Gasteiger partial charge is 0.303 e. The summed E-state index contributed by atoms with van der Waals surface area (Å²) in [7, 11) is 0. The molecule has 0 fully saturated rings. The zero-order chi connectivity index (χ0) is 57.0. The van der Waals surface area contributed by atoms with Crippen molar-refractivity contribution in [2.75, 3.05) is 32.8 Å². The molecule has 0 bridgehead atoms. The number of benzene rings is 2. The third-order valence-electron chi connectivity index (χ3n) is 11.8. The number of carbonyl (C=O) groups excluding carboxylic acids is 9. The predicted octanol–water partition coefficient (Wildman–Crippen LogP) is 0.556. The first-order valence-corrected chi connectivity index (χ1v) is 24.4. The van der Waals surface area contributed by atoms with Gasteiger partial charge in [-0.25, -0.2) is 8.78 Å². The Morgan fingerprint density at radius 2 is 1.38 bits per heavy atom. The molecule has 77 heavy (non-hydrogen) atoms. The summed E-state index contributed by atoms with van der Waals surface area (Å²) in [6, 6.07) is 9.66. The minimum absolute atomic E-state index is 0.0729. The molecule has 4 rings (SSSR count). The summed E-state index contributed by atoms with van der Waals surface area (Å²) < 4.78 is 31.7. The monoisotopic (exact) mass is 1070 g/mol. The van der Waals surface area contributed by atoms with Gasteiger partial charge in [-0.1, -0.05) is 51.1 Å². The molecule has 11 N–H and O–H groups in total. The maximum Gasteiger partial charge on any atom is 0.303 e. The molecule has 25 heteroatoms. The number of nitrogens with two attached hydrogens (primary N) is 1. The number of halogens is 2. The quantitative estimate of drug-likeness (QED) is 0.0348. The first-order valence-electron chi connectivity index (χ1n) is 24.4. The van der Waals surface area contributed by atoms with Crippen LogP contribution in [-0.4, -0.2) is 141 Å². The van der Waals surface area contributed by atoms with E-state index in [1.54, 1.807) is 37.6 Å². The number of nitrogens with zero attached hydrogens (tertiary/aromatic N) is 3. The molecular weight excluding hydrogens is 1010 g/mol. The molecule has 0 aliphatic heterocycles. The number of nitrogens with one attached hydrogen (secondary N) is 7. The van der Waals surface area contributed by atoms with Crippen LogP contribution in [0.25, 0.3) is 11.1 Å². The molecule has 0 aliphatic carbocycles. The summed E-state index contributed by atoms with van der Waals surface area (Å²) in [5.41, 5.74) is 6.20. The van der Waals surface area contributed by atoms with Gasteiger partial charge in [0.15, 0.2) is 0 Å². The lowest BCUT2D eigenvalue weighted by Gasteiger charge is -2.41. The maximum absolute atomic E-state index is 15.4. The van der Waals surface area contributed by atoms with Gasteiger partial charge in [0.25, 0.3) is 5.91 Å². The molecule has 9 amide bonds. The minimum atomic E-state index is -1.76. The summed E-state index contributed by atoms with van der Waals surface area (Å²) >= 11 is 0. The van der Waals surface area contributed by atoms with Crippen molar-refractivity contribution < 1.29 is 66.9 Å². The van der Waals surface area contributed by atoms with Crippen LogP contribution in [0.2, 0.25) is 0 Å². The van der Waals surface area contributed by atoms with E-state index in [-0.39, 0.29) is 49.3 Å². The van der Waals surface area contributed by atoms with Gasteiger partial charge in [0.1, 0.15) is 42.4 Å². The number of aromatic nitrogens is 2. The molecule has 0 unspecified atom stereocenters. The van der Waals surface area contributed by atoms with Crippen molar-refractivity contribution in [2.24, 2.45) is 11.1 Å². The first kappa shape index (κ1) is 60.9. The van der Waals surface area contributed by atoms with Crippen molar-refractivity contribution in [2.45, 2.75) is 97.1 Å². The SMILES string of the molecule is C[C@H](NC(=O)c1ccncc1)C(=O)N[C@@H](C)C(=O)N[C@@H](CC(N)=O)C(=O)N[C@@H](CCN(C(=O)CO)[C@@H](c1cc(-c2cc(F)ccc2F)cn1Cc1ccccc1)C(C)(C)C)C(=O)NCCNC(=O)CNC(=O)CCC(=O)O. The van der Waals surface area contributed by atoms with Crippen molar-refractivity contribution in [3.8, 4) is 11.1 Å². The molecule has 0 aliphatic rings. The second kappa shape index (κ2) is 28.9. The fraction of sp³-hybridized carbons (Fsp3) is 0.404. The topological polar surface area (TPSA) is 342 Å². The Hall–Kier alpha value is -8.61. The summed E-state index contributed by atoms with van der Waals surface area (Å²) in [6.07, 6.45) is 2.32. The fourth-order valence-corrected chi connectivity index (χ4v) is 7.93. The number of aliphatic hydroxyl groups excluding tert-OH is 1. The average Bonchev–Trinajstić information content (AvgIpc) is 3.79. The van der Waals surface area contributed by atoms with Crippen LogP contribution in [0.3, 0.4) is 0 Å². The van der Waals surface area contributed by atoms with E-state index in [0.29, 0.717) is 5.69 Å². The second-order valence-electron chi connectivity index (χ2n) is 19.0. The van der Waals surface area contributed by atoms with Crippen molar-refractivity contribution >= 4 is 59.1 Å². The van der Waals surface area contributed by atoms with Crippen molar-refractivity contribution in [3.63, 3.8) is 0 Å². The molecule has 4 aromatic rings. The van der Waals surface area contributed by atoms with Crippen LogP contribution in [0, 0.1) is 17.0 Å². The van der Waals surface area contributed by atoms with E-state index < -0.39 is 139 Å². The van der Waals surface area contributed by atoms with Gasteiger partial charge in [0, 0.05) is 73.6 Å². The number of amides is 9. The van der Waals surface area contributed by atoms with Gasteiger partial charge in [0.05, 0.1) is 25.4 Å². The lowest BCUT2D eigenvalue weighted by atomic mass is 9.82. The van der Waals surface area contributed by atoms with E-state index in [4.69, 9.17) is 10.8 Å². The number of carboxylic acid groups (broad SMARTS) is 1. The Bertz CT molecular complexity index is 2760. The molecule has 0 saturated carbocycles. The number of hydrogen-bond donors (Lipinski definition) is 10. The van der Waals surface area contributed by atoms with Gasteiger partial charge < -0.3 is 62.6 Å². The summed E-state index contributed by atoms with van der Waals surface area (Å²) in [4.78, 5) is 134. The molecule has 2 aromatic heterocycles. The number of aliphatic hydroxyl groups is 1. The highest BCUT2D eigenvalue weighted by Gasteiger charge is 2.39. The van der Waals surface area contributed by atoms with Crippen molar-refractivity contribution in [3.05, 3.63) is 114 Å². The molecule has 2 heterocycles. The number of carbonyl (C=O) groups is 10. The van der Waals surface area contributed by atoms with Crippen LogP contribution < -0.4 is 43.0 Å². The van der Waals surface area contributed by atoms with Gasteiger partial charge in [-0.05, 0) is 67.6 Å². The van der Waals surface area contributed by atoms with Crippen molar-refractivity contribution in [1.82, 2.24) is 51.7 Å². The zero-order valence-electron chi connectivity index (χ0n) is 43.2. The predicted molar refractivity (Wildman–Crippen MR) is 273 cm³/mol. The number of rotatable bonds is 28.